The molecule has 0 unspecified atom stereocenters. The monoisotopic (exact) mass is 496 g/mol. The maximum Gasteiger partial charge on any atom is 0.387 e. The molecule has 2 aliphatic rings. The number of carbonyl (C=O) groups excluding carboxylic acids is 1. The maximum absolute atomic E-state index is 13.4. The van der Waals surface area contributed by atoms with E-state index in [1.807, 2.05) is 0 Å². The van der Waals surface area contributed by atoms with E-state index >= 15 is 0 Å². The van der Waals surface area contributed by atoms with Gasteiger partial charge in [0, 0.05) is 11.8 Å². The molecular weight excluding hydrogens is 470 g/mol. The van der Waals surface area contributed by atoms with E-state index in [1.165, 1.54) is 18.1 Å². The summed E-state index contributed by atoms with van der Waals surface area (Å²) in [5.41, 5.74) is 0.636. The van der Waals surface area contributed by atoms with Crippen LogP contribution in [0.5, 0.6) is 11.5 Å². The third kappa shape index (κ3) is 4.03. The van der Waals surface area contributed by atoms with Crippen molar-refractivity contribution in [2.75, 3.05) is 20.2 Å². The van der Waals surface area contributed by atoms with Crippen LogP contribution in [-0.4, -0.2) is 57.7 Å². The van der Waals surface area contributed by atoms with E-state index in [0.717, 1.165) is 18.4 Å². The van der Waals surface area contributed by atoms with Crippen LogP contribution >= 0.6 is 0 Å². The largest absolute Gasteiger partial charge is 0.496 e. The second-order valence-electron chi connectivity index (χ2n) is 9.99. The van der Waals surface area contributed by atoms with Gasteiger partial charge >= 0.3 is 6.61 Å². The molecule has 2 aromatic heterocycles. The summed E-state index contributed by atoms with van der Waals surface area (Å²) in [5.74, 6) is -0.603. The summed E-state index contributed by atoms with van der Waals surface area (Å²) < 4.78 is 38.7. The van der Waals surface area contributed by atoms with Crippen molar-refractivity contribution < 1.29 is 28.2 Å². The molecular formula is C26H26F2N4O4. The molecule has 1 N–H and O–H groups in total. The maximum atomic E-state index is 13.4. The number of methoxy groups -OCH3 is 1. The highest BCUT2D eigenvalue weighted by Crippen LogP contribution is 2.46. The van der Waals surface area contributed by atoms with Gasteiger partial charge in [-0.1, -0.05) is 0 Å². The number of hydrogen-bond acceptors (Lipinski definition) is 6. The Hall–Kier alpha value is -3.71. The smallest absolute Gasteiger partial charge is 0.387 e. The van der Waals surface area contributed by atoms with Crippen molar-refractivity contribution in [3.05, 3.63) is 47.8 Å². The summed E-state index contributed by atoms with van der Waals surface area (Å²) in [6, 6.07) is 8.80. The Morgan fingerprint density at radius 3 is 2.58 bits per heavy atom. The molecule has 1 saturated carbocycles. The summed E-state index contributed by atoms with van der Waals surface area (Å²) in [5, 5.41) is 20.1. The number of benzene rings is 1. The standard InChI is InChI=1S/C26H26F2N4O4/c1-25(2,12-29)17-6-7-32-18(11-30-21(32)10-17)15-8-19(35-3)22(20(9-15)36-24(27)28)23(33)31-13-26(34,14-31)16-4-5-16/h6-11,16,24,34H,4-5,13-14H2,1-3H3. The van der Waals surface area contributed by atoms with Gasteiger partial charge in [0.2, 0.25) is 0 Å². The van der Waals surface area contributed by atoms with Crippen molar-refractivity contribution >= 4 is 11.6 Å². The second-order valence-corrected chi connectivity index (χ2v) is 9.99. The SMILES string of the molecule is COc1cc(-c2cnc3cc(C(C)(C)C#N)ccn23)cc(OC(F)F)c1C(=O)N1CC(O)(C2CC2)C1. The van der Waals surface area contributed by atoms with Gasteiger partial charge in [-0.3, -0.25) is 9.20 Å². The zero-order valence-electron chi connectivity index (χ0n) is 20.2. The molecule has 5 rings (SSSR count). The van der Waals surface area contributed by atoms with Gasteiger partial charge in [-0.2, -0.15) is 14.0 Å². The number of halogens is 2. The van der Waals surface area contributed by atoms with Crippen molar-refractivity contribution in [3.63, 3.8) is 0 Å². The van der Waals surface area contributed by atoms with Crippen LogP contribution < -0.4 is 9.47 Å². The van der Waals surface area contributed by atoms with Gasteiger partial charge in [0.25, 0.3) is 5.91 Å². The van der Waals surface area contributed by atoms with Gasteiger partial charge in [0.05, 0.1) is 43.6 Å². The van der Waals surface area contributed by atoms with Crippen molar-refractivity contribution in [1.29, 1.82) is 5.26 Å². The zero-order valence-corrected chi connectivity index (χ0v) is 20.2. The minimum atomic E-state index is -3.16. The quantitative estimate of drug-likeness (QED) is 0.531. The predicted octanol–water partition coefficient (Wildman–Crippen LogP) is 4.01. The summed E-state index contributed by atoms with van der Waals surface area (Å²) in [6.45, 7) is 0.741. The van der Waals surface area contributed by atoms with E-state index < -0.39 is 23.5 Å². The minimum absolute atomic E-state index is 0.0761. The van der Waals surface area contributed by atoms with E-state index in [4.69, 9.17) is 9.47 Å². The molecule has 1 saturated heterocycles. The normalized spacial score (nSPS) is 17.1. The summed E-state index contributed by atoms with van der Waals surface area (Å²) in [6.07, 6.45) is 5.17. The van der Waals surface area contributed by atoms with Crippen molar-refractivity contribution in [2.24, 2.45) is 5.92 Å². The molecule has 0 bridgehead atoms. The number of pyridine rings is 1. The fraction of sp³-hybridized carbons (Fsp3) is 0.423. The number of imidazole rings is 1. The molecule has 1 aliphatic heterocycles. The number of hydrogen-bond donors (Lipinski definition) is 1. The van der Waals surface area contributed by atoms with Crippen molar-refractivity contribution in [3.8, 4) is 28.8 Å². The molecule has 8 nitrogen and oxygen atoms in total. The average molecular weight is 497 g/mol. The molecule has 0 spiro atoms. The number of rotatable bonds is 7. The van der Waals surface area contributed by atoms with Crippen molar-refractivity contribution in [2.45, 2.75) is 44.3 Å². The number of fused-ring (bicyclic) bond motifs is 1. The number of nitriles is 1. The van der Waals surface area contributed by atoms with E-state index in [9.17, 15) is 23.9 Å². The number of ether oxygens (including phenoxy) is 2. The van der Waals surface area contributed by atoms with Crippen LogP contribution in [0.1, 0.15) is 42.6 Å². The zero-order chi connectivity index (χ0) is 25.8. The number of carbonyl (C=O) groups is 1. The number of aliphatic hydroxyl groups is 1. The molecule has 3 heterocycles. The van der Waals surface area contributed by atoms with Gasteiger partial charge < -0.3 is 19.5 Å². The lowest BCUT2D eigenvalue weighted by molar-refractivity contribution is -0.0963. The Morgan fingerprint density at radius 1 is 1.28 bits per heavy atom. The molecule has 0 atom stereocenters. The lowest BCUT2D eigenvalue weighted by Gasteiger charge is -2.47. The van der Waals surface area contributed by atoms with Crippen molar-refractivity contribution in [1.82, 2.24) is 14.3 Å². The highest BCUT2D eigenvalue weighted by atomic mass is 19.3. The number of alkyl halides is 2. The van der Waals surface area contributed by atoms with Crippen LogP contribution in [-0.2, 0) is 5.41 Å². The summed E-state index contributed by atoms with van der Waals surface area (Å²) in [7, 11) is 1.35. The Morgan fingerprint density at radius 2 is 1.97 bits per heavy atom. The molecule has 1 aromatic carbocycles. The van der Waals surface area contributed by atoms with Gasteiger partial charge in [0.1, 0.15) is 28.3 Å². The number of nitrogens with zero attached hydrogens (tertiary/aromatic N) is 4. The number of likely N-dealkylation sites (tertiary alicyclic amines) is 1. The number of β-amino-alcohol motifs (C(OH)–C–C–N with tert-alkyl or cyclic N) is 1. The lowest BCUT2D eigenvalue weighted by Crippen LogP contribution is -2.64. The predicted molar refractivity (Wildman–Crippen MR) is 126 cm³/mol. The highest BCUT2D eigenvalue weighted by Gasteiger charge is 2.53. The van der Waals surface area contributed by atoms with Gasteiger partial charge in [-0.05, 0) is 62.4 Å². The third-order valence-corrected chi connectivity index (χ3v) is 7.08. The first-order chi connectivity index (χ1) is 17.1. The van der Waals surface area contributed by atoms with Crippen LogP contribution in [0.15, 0.2) is 36.7 Å². The van der Waals surface area contributed by atoms with E-state index in [2.05, 4.69) is 11.1 Å². The molecule has 2 fully saturated rings. The minimum Gasteiger partial charge on any atom is -0.496 e. The molecule has 3 aromatic rings. The summed E-state index contributed by atoms with van der Waals surface area (Å²) >= 11 is 0. The van der Waals surface area contributed by atoms with Crippen LogP contribution in [0.3, 0.4) is 0 Å². The Kier molecular flexibility index (Phi) is 5.63. The molecule has 1 aliphatic carbocycles. The molecule has 0 radical (unpaired) electrons. The first kappa shape index (κ1) is 24.0. The van der Waals surface area contributed by atoms with E-state index in [0.29, 0.717) is 16.9 Å². The number of aromatic nitrogens is 2. The molecule has 1 amide bonds. The highest BCUT2D eigenvalue weighted by molar-refractivity contribution is 6.01. The Bertz CT molecular complexity index is 1380. The second kappa shape index (κ2) is 8.45. The van der Waals surface area contributed by atoms with E-state index in [-0.39, 0.29) is 36.1 Å². The number of amides is 1. The lowest BCUT2D eigenvalue weighted by atomic mass is 9.87. The molecule has 10 heteroatoms. The topological polar surface area (TPSA) is 100 Å². The molecule has 36 heavy (non-hydrogen) atoms. The van der Waals surface area contributed by atoms with Crippen LogP contribution in [0.2, 0.25) is 0 Å². The fourth-order valence-electron chi connectivity index (χ4n) is 4.74. The van der Waals surface area contributed by atoms with Gasteiger partial charge in [0.15, 0.2) is 0 Å². The third-order valence-electron chi connectivity index (χ3n) is 7.08. The first-order valence-electron chi connectivity index (χ1n) is 11.6. The fourth-order valence-corrected chi connectivity index (χ4v) is 4.74. The average Bonchev–Trinajstić information content (AvgIpc) is 3.60. The van der Waals surface area contributed by atoms with Crippen LogP contribution in [0.4, 0.5) is 8.78 Å². The first-order valence-corrected chi connectivity index (χ1v) is 11.6. The van der Waals surface area contributed by atoms with Gasteiger partial charge in [-0.15, -0.1) is 0 Å². The summed E-state index contributed by atoms with van der Waals surface area (Å²) in [4.78, 5) is 19.1. The van der Waals surface area contributed by atoms with Crippen LogP contribution in [0, 0.1) is 17.2 Å². The Labute approximate surface area is 206 Å². The van der Waals surface area contributed by atoms with Crippen LogP contribution in [0.25, 0.3) is 16.9 Å². The van der Waals surface area contributed by atoms with E-state index in [1.54, 1.807) is 48.8 Å². The van der Waals surface area contributed by atoms with Gasteiger partial charge in [-0.25, -0.2) is 4.98 Å². The Balaban J connectivity index is 1.54. The molecule has 188 valence electrons.